The Bertz CT molecular complexity index is 1200. The van der Waals surface area contributed by atoms with Gasteiger partial charge in [0.05, 0.1) is 25.4 Å². The minimum absolute atomic E-state index is 0.321. The van der Waals surface area contributed by atoms with Crippen LogP contribution >= 0.6 is 22.7 Å². The number of carbonyl (C=O) groups is 1. The summed E-state index contributed by atoms with van der Waals surface area (Å²) in [6, 6.07) is 5.55. The highest BCUT2D eigenvalue weighted by atomic mass is 32.1. The molecule has 4 aromatic rings. The maximum Gasteiger partial charge on any atom is 0.269 e. The lowest BCUT2D eigenvalue weighted by Crippen LogP contribution is -2.11. The first-order valence-electron chi connectivity index (χ1n) is 8.42. The van der Waals surface area contributed by atoms with Crippen molar-refractivity contribution in [3.05, 3.63) is 28.1 Å². The van der Waals surface area contributed by atoms with Gasteiger partial charge in [0.15, 0.2) is 11.5 Å². The molecule has 0 bridgehead atoms. The zero-order valence-electron chi connectivity index (χ0n) is 15.4. The SMILES string of the molecule is CCc1nnc(NC(=O)c2sc3nc4cc(OC)c(OC)cc4cc3c2N)s1. The van der Waals surface area contributed by atoms with E-state index in [1.165, 1.54) is 22.7 Å². The predicted octanol–water partition coefficient (Wildman–Crippen LogP) is 3.72. The van der Waals surface area contributed by atoms with Gasteiger partial charge < -0.3 is 15.2 Å². The van der Waals surface area contributed by atoms with Crippen LogP contribution in [0.4, 0.5) is 10.8 Å². The number of aryl methyl sites for hydroxylation is 1. The van der Waals surface area contributed by atoms with Gasteiger partial charge in [0.2, 0.25) is 5.13 Å². The number of methoxy groups -OCH3 is 2. The van der Waals surface area contributed by atoms with Gasteiger partial charge in [-0.1, -0.05) is 18.3 Å². The van der Waals surface area contributed by atoms with Gasteiger partial charge in [0, 0.05) is 16.8 Å². The molecule has 8 nitrogen and oxygen atoms in total. The third kappa shape index (κ3) is 3.10. The number of aromatic nitrogens is 3. The molecule has 3 heterocycles. The van der Waals surface area contributed by atoms with Crippen molar-refractivity contribution in [3.8, 4) is 11.5 Å². The molecule has 0 radical (unpaired) electrons. The standard InChI is InChI=1S/C18H17N5O3S2/c1-4-13-22-23-18(27-13)21-16(24)15-14(19)9-5-8-6-11(25-2)12(26-3)7-10(8)20-17(9)28-15/h5-7H,4,19H2,1-3H3,(H,21,23,24). The molecule has 0 unspecified atom stereocenters. The van der Waals surface area contributed by atoms with Crippen LogP contribution in [0, 0.1) is 0 Å². The van der Waals surface area contributed by atoms with E-state index < -0.39 is 0 Å². The van der Waals surface area contributed by atoms with E-state index in [9.17, 15) is 4.79 Å². The zero-order valence-corrected chi connectivity index (χ0v) is 17.0. The number of thiophene rings is 1. The minimum Gasteiger partial charge on any atom is -0.493 e. The van der Waals surface area contributed by atoms with Gasteiger partial charge in [0.1, 0.15) is 14.7 Å². The third-order valence-electron chi connectivity index (χ3n) is 4.21. The molecule has 0 fully saturated rings. The molecule has 0 aliphatic rings. The quantitative estimate of drug-likeness (QED) is 0.511. The number of nitrogens with one attached hydrogen (secondary N) is 1. The fourth-order valence-corrected chi connectivity index (χ4v) is 4.45. The monoisotopic (exact) mass is 415 g/mol. The summed E-state index contributed by atoms with van der Waals surface area (Å²) >= 11 is 2.58. The van der Waals surface area contributed by atoms with Crippen LogP contribution in [0.15, 0.2) is 18.2 Å². The Labute approximate surface area is 168 Å². The summed E-state index contributed by atoms with van der Waals surface area (Å²) < 4.78 is 10.7. The summed E-state index contributed by atoms with van der Waals surface area (Å²) in [7, 11) is 3.15. The van der Waals surface area contributed by atoms with Crippen molar-refractivity contribution in [1.82, 2.24) is 15.2 Å². The number of anilines is 2. The Kier molecular flexibility index (Phi) is 4.73. The molecule has 3 N–H and O–H groups in total. The Balaban J connectivity index is 1.76. The molecule has 1 amide bonds. The second kappa shape index (κ2) is 7.21. The maximum absolute atomic E-state index is 12.7. The van der Waals surface area contributed by atoms with Gasteiger partial charge in [-0.25, -0.2) is 4.98 Å². The number of nitrogen functional groups attached to an aromatic ring is 1. The van der Waals surface area contributed by atoms with Crippen LogP contribution in [0.2, 0.25) is 0 Å². The summed E-state index contributed by atoms with van der Waals surface area (Å²) in [5, 5.41) is 13.6. The summed E-state index contributed by atoms with van der Waals surface area (Å²) in [5.41, 5.74) is 7.39. The first-order chi connectivity index (χ1) is 13.5. The fraction of sp³-hybridized carbons (Fsp3) is 0.222. The van der Waals surface area contributed by atoms with E-state index in [-0.39, 0.29) is 5.91 Å². The average molecular weight is 416 g/mol. The molecule has 10 heteroatoms. The number of amides is 1. The van der Waals surface area contributed by atoms with Gasteiger partial charge in [0.25, 0.3) is 5.91 Å². The van der Waals surface area contributed by atoms with Crippen molar-refractivity contribution < 1.29 is 14.3 Å². The summed E-state index contributed by atoms with van der Waals surface area (Å²) in [6.45, 7) is 1.98. The Hall–Kier alpha value is -2.98. The van der Waals surface area contributed by atoms with E-state index in [0.717, 1.165) is 27.7 Å². The van der Waals surface area contributed by atoms with E-state index in [1.54, 1.807) is 20.3 Å². The molecular weight excluding hydrogens is 398 g/mol. The minimum atomic E-state index is -0.321. The van der Waals surface area contributed by atoms with Crippen molar-refractivity contribution >= 4 is 60.5 Å². The van der Waals surface area contributed by atoms with E-state index in [4.69, 9.17) is 15.2 Å². The predicted molar refractivity (Wildman–Crippen MR) is 112 cm³/mol. The highest BCUT2D eigenvalue weighted by Gasteiger charge is 2.20. The van der Waals surface area contributed by atoms with Gasteiger partial charge in [-0.05, 0) is 18.6 Å². The molecule has 144 valence electrons. The lowest BCUT2D eigenvalue weighted by molar-refractivity contribution is 0.103. The number of rotatable bonds is 5. The van der Waals surface area contributed by atoms with Gasteiger partial charge in [-0.15, -0.1) is 21.5 Å². The van der Waals surface area contributed by atoms with Crippen molar-refractivity contribution in [2.45, 2.75) is 13.3 Å². The lowest BCUT2D eigenvalue weighted by atomic mass is 10.1. The molecular formula is C18H17N5O3S2. The molecule has 28 heavy (non-hydrogen) atoms. The molecule has 0 saturated carbocycles. The largest absolute Gasteiger partial charge is 0.493 e. The van der Waals surface area contributed by atoms with Crippen LogP contribution in [-0.2, 0) is 6.42 Å². The molecule has 3 aromatic heterocycles. The van der Waals surface area contributed by atoms with Crippen molar-refractivity contribution in [2.24, 2.45) is 0 Å². The first-order valence-corrected chi connectivity index (χ1v) is 10.1. The third-order valence-corrected chi connectivity index (χ3v) is 6.31. The van der Waals surface area contributed by atoms with E-state index in [0.29, 0.717) is 32.0 Å². The first kappa shape index (κ1) is 18.4. The number of hydrogen-bond acceptors (Lipinski definition) is 9. The molecule has 0 saturated heterocycles. The highest BCUT2D eigenvalue weighted by molar-refractivity contribution is 7.21. The molecule has 0 aliphatic heterocycles. The Morgan fingerprint density at radius 2 is 1.89 bits per heavy atom. The van der Waals surface area contributed by atoms with Crippen LogP contribution in [0.3, 0.4) is 0 Å². The lowest BCUT2D eigenvalue weighted by Gasteiger charge is -2.08. The van der Waals surface area contributed by atoms with E-state index >= 15 is 0 Å². The molecule has 4 rings (SSSR count). The van der Waals surface area contributed by atoms with E-state index in [2.05, 4.69) is 20.5 Å². The smallest absolute Gasteiger partial charge is 0.269 e. The Morgan fingerprint density at radius 1 is 1.14 bits per heavy atom. The zero-order chi connectivity index (χ0) is 19.8. The molecule has 0 spiro atoms. The van der Waals surface area contributed by atoms with Crippen molar-refractivity contribution in [1.29, 1.82) is 0 Å². The summed E-state index contributed by atoms with van der Waals surface area (Å²) in [6.07, 6.45) is 0.766. The van der Waals surface area contributed by atoms with Crippen molar-refractivity contribution in [2.75, 3.05) is 25.3 Å². The number of nitrogens with zero attached hydrogens (tertiary/aromatic N) is 3. The number of pyridine rings is 1. The normalized spacial score (nSPS) is 11.1. The van der Waals surface area contributed by atoms with Gasteiger partial charge in [-0.3, -0.25) is 10.1 Å². The molecule has 0 aliphatic carbocycles. The maximum atomic E-state index is 12.7. The second-order valence-electron chi connectivity index (χ2n) is 5.89. The number of ether oxygens (including phenoxy) is 2. The summed E-state index contributed by atoms with van der Waals surface area (Å²) in [4.78, 5) is 18.4. The summed E-state index contributed by atoms with van der Waals surface area (Å²) in [5.74, 6) is 0.872. The molecule has 0 atom stereocenters. The molecule has 1 aromatic carbocycles. The fourth-order valence-electron chi connectivity index (χ4n) is 2.80. The van der Waals surface area contributed by atoms with Crippen molar-refractivity contribution in [3.63, 3.8) is 0 Å². The number of carbonyl (C=O) groups excluding carboxylic acids is 1. The van der Waals surface area contributed by atoms with Crippen LogP contribution in [0.25, 0.3) is 21.1 Å². The van der Waals surface area contributed by atoms with E-state index in [1.807, 2.05) is 19.1 Å². The highest BCUT2D eigenvalue weighted by Crippen LogP contribution is 2.38. The van der Waals surface area contributed by atoms with Crippen LogP contribution in [-0.4, -0.2) is 35.3 Å². The number of hydrogen-bond donors (Lipinski definition) is 2. The number of nitrogens with two attached hydrogens (primary N) is 1. The Morgan fingerprint density at radius 3 is 2.57 bits per heavy atom. The second-order valence-corrected chi connectivity index (χ2v) is 7.96. The average Bonchev–Trinajstić information content (AvgIpc) is 3.29. The van der Waals surface area contributed by atoms with Gasteiger partial charge >= 0.3 is 0 Å². The number of fused-ring (bicyclic) bond motifs is 2. The van der Waals surface area contributed by atoms with Gasteiger partial charge in [-0.2, -0.15) is 0 Å². The topological polar surface area (TPSA) is 112 Å². The van der Waals surface area contributed by atoms with Crippen LogP contribution in [0.1, 0.15) is 21.6 Å². The van der Waals surface area contributed by atoms with Crippen LogP contribution < -0.4 is 20.5 Å². The number of benzene rings is 1. The van der Waals surface area contributed by atoms with Crippen LogP contribution in [0.5, 0.6) is 11.5 Å².